The molecule has 3 heterocycles. The smallest absolute Gasteiger partial charge is 0.321 e. The Morgan fingerprint density at radius 1 is 0.971 bits per heavy atom. The highest BCUT2D eigenvalue weighted by atomic mass is 19.1. The molecule has 0 aliphatic carbocycles. The van der Waals surface area contributed by atoms with E-state index in [1.54, 1.807) is 58.9 Å². The minimum atomic E-state index is -1.20. The third-order valence-electron chi connectivity index (χ3n) is 5.75. The van der Waals surface area contributed by atoms with Crippen molar-refractivity contribution < 1.29 is 23.1 Å². The van der Waals surface area contributed by atoms with Crippen molar-refractivity contribution >= 4 is 11.9 Å². The number of fused-ring (bicyclic) bond motifs is 2. The second kappa shape index (κ2) is 8.72. The largest absolute Gasteiger partial charge is 0.435 e. The molecule has 0 radical (unpaired) electrons. The van der Waals surface area contributed by atoms with Gasteiger partial charge in [-0.25, -0.2) is 19.2 Å². The van der Waals surface area contributed by atoms with Gasteiger partial charge in [0.25, 0.3) is 0 Å². The molecule has 0 saturated heterocycles. The molecule has 0 spiro atoms. The van der Waals surface area contributed by atoms with Gasteiger partial charge in [0.05, 0.1) is 11.1 Å². The molecular formula is C26H26F2N4O3. The number of benzene rings is 1. The highest BCUT2D eigenvalue weighted by molar-refractivity contribution is 5.98. The fourth-order valence-electron chi connectivity index (χ4n) is 4.11. The van der Waals surface area contributed by atoms with Gasteiger partial charge in [-0.05, 0) is 45.0 Å². The molecule has 1 aliphatic rings. The van der Waals surface area contributed by atoms with E-state index in [0.717, 1.165) is 0 Å². The fourth-order valence-corrected chi connectivity index (χ4v) is 4.11. The molecule has 1 aromatic carbocycles. The molecule has 1 aliphatic heterocycles. The van der Waals surface area contributed by atoms with Crippen molar-refractivity contribution in [2.75, 3.05) is 0 Å². The number of hydrogen-bond acceptors (Lipinski definition) is 5. The van der Waals surface area contributed by atoms with E-state index in [0.29, 0.717) is 22.4 Å². The van der Waals surface area contributed by atoms with Gasteiger partial charge >= 0.3 is 6.03 Å². The molecule has 3 amide bonds. The molecule has 0 fully saturated rings. The number of aromatic nitrogens is 2. The van der Waals surface area contributed by atoms with Crippen LogP contribution in [0, 0.1) is 17.2 Å². The zero-order valence-corrected chi connectivity index (χ0v) is 20.1. The maximum atomic E-state index is 14.8. The van der Waals surface area contributed by atoms with Crippen molar-refractivity contribution in [2.45, 2.75) is 46.1 Å². The van der Waals surface area contributed by atoms with Gasteiger partial charge in [-0.3, -0.25) is 10.1 Å². The number of nitrogens with one attached hydrogen (secondary N) is 2. The number of pyridine rings is 2. The summed E-state index contributed by atoms with van der Waals surface area (Å²) in [5.41, 5.74) is 0.276. The first kappa shape index (κ1) is 24.3. The fraction of sp³-hybridized carbons (Fsp3) is 0.308. The summed E-state index contributed by atoms with van der Waals surface area (Å²) in [5.74, 6) is -2.36. The Labute approximate surface area is 201 Å². The number of urea groups is 1. The summed E-state index contributed by atoms with van der Waals surface area (Å²) >= 11 is 0. The summed E-state index contributed by atoms with van der Waals surface area (Å²) in [5, 5.41) is 5.11. The van der Waals surface area contributed by atoms with E-state index in [-0.39, 0.29) is 11.6 Å². The lowest BCUT2D eigenvalue weighted by atomic mass is 9.69. The first-order valence-corrected chi connectivity index (χ1v) is 11.1. The predicted octanol–water partition coefficient (Wildman–Crippen LogP) is 5.31. The lowest BCUT2D eigenvalue weighted by Gasteiger charge is -2.37. The molecule has 35 heavy (non-hydrogen) atoms. The number of halogens is 2. The van der Waals surface area contributed by atoms with Crippen LogP contribution >= 0.6 is 0 Å². The number of carbonyl (C=O) groups excluding carboxylic acids is 2. The third kappa shape index (κ3) is 4.84. The second-order valence-electron chi connectivity index (χ2n) is 10.0. The Morgan fingerprint density at radius 2 is 1.71 bits per heavy atom. The zero-order chi connectivity index (χ0) is 25.5. The summed E-state index contributed by atoms with van der Waals surface area (Å²) < 4.78 is 33.9. The van der Waals surface area contributed by atoms with E-state index in [9.17, 15) is 18.4 Å². The van der Waals surface area contributed by atoms with Crippen LogP contribution in [0.4, 0.5) is 13.6 Å². The average Bonchev–Trinajstić information content (AvgIpc) is 2.76. The molecule has 0 saturated carbocycles. The SMILES string of the molecule is CC(C)(C)NC(=O)NC(=O)C(C)(C)[C@@H]1c2ccc(-c3ccc(F)nc3)nc2Oc2c(F)cccc21. The molecule has 1 atom stereocenters. The van der Waals surface area contributed by atoms with E-state index >= 15 is 0 Å². The number of hydrogen-bond donors (Lipinski definition) is 2. The molecule has 182 valence electrons. The molecule has 3 aromatic rings. The Morgan fingerprint density at radius 3 is 2.37 bits per heavy atom. The van der Waals surface area contributed by atoms with Gasteiger partial charge in [0.15, 0.2) is 11.6 Å². The first-order chi connectivity index (χ1) is 16.4. The number of imide groups is 1. The second-order valence-corrected chi connectivity index (χ2v) is 10.0. The maximum absolute atomic E-state index is 14.8. The van der Waals surface area contributed by atoms with E-state index in [1.807, 2.05) is 0 Å². The summed E-state index contributed by atoms with van der Waals surface area (Å²) in [4.78, 5) is 33.9. The van der Waals surface area contributed by atoms with Crippen molar-refractivity contribution in [3.05, 3.63) is 71.6 Å². The molecular weight excluding hydrogens is 454 g/mol. The number of carbonyl (C=O) groups is 2. The molecule has 0 bridgehead atoms. The lowest BCUT2D eigenvalue weighted by molar-refractivity contribution is -0.128. The van der Waals surface area contributed by atoms with Crippen molar-refractivity contribution in [3.8, 4) is 22.9 Å². The Kier molecular flexibility index (Phi) is 6.04. The van der Waals surface area contributed by atoms with Gasteiger partial charge in [0.1, 0.15) is 0 Å². The highest BCUT2D eigenvalue weighted by Gasteiger charge is 2.45. The van der Waals surface area contributed by atoms with Crippen molar-refractivity contribution in [1.82, 2.24) is 20.6 Å². The van der Waals surface area contributed by atoms with E-state index in [4.69, 9.17) is 4.74 Å². The Hall–Kier alpha value is -3.88. The standard InChI is InChI=1S/C26H26F2N4O3/c1-25(2,3)32-24(34)31-23(33)26(4,5)20-15-7-6-8-17(27)21(15)35-22-16(20)10-11-18(30-22)14-9-12-19(28)29-13-14/h6-13,20H,1-5H3,(H2,31,32,33,34)/t20-/m0/s1. The van der Waals surface area contributed by atoms with Gasteiger partial charge < -0.3 is 10.1 Å². The molecule has 4 rings (SSSR count). The summed E-state index contributed by atoms with van der Waals surface area (Å²) in [7, 11) is 0. The van der Waals surface area contributed by atoms with Crippen molar-refractivity contribution in [2.24, 2.45) is 5.41 Å². The van der Waals surface area contributed by atoms with E-state index < -0.39 is 40.6 Å². The zero-order valence-electron chi connectivity index (χ0n) is 20.1. The third-order valence-corrected chi connectivity index (χ3v) is 5.75. The van der Waals surface area contributed by atoms with Gasteiger partial charge in [0.2, 0.25) is 17.7 Å². The van der Waals surface area contributed by atoms with Crippen LogP contribution in [0.3, 0.4) is 0 Å². The van der Waals surface area contributed by atoms with Crippen molar-refractivity contribution in [3.63, 3.8) is 0 Å². The number of rotatable bonds is 3. The van der Waals surface area contributed by atoms with Crippen LogP contribution in [0.2, 0.25) is 0 Å². The number of nitrogens with zero attached hydrogens (tertiary/aromatic N) is 2. The van der Waals surface area contributed by atoms with Gasteiger partial charge in [-0.15, -0.1) is 0 Å². The predicted molar refractivity (Wildman–Crippen MR) is 126 cm³/mol. The minimum Gasteiger partial charge on any atom is -0.435 e. The quantitative estimate of drug-likeness (QED) is 0.496. The minimum absolute atomic E-state index is 0.0353. The van der Waals surface area contributed by atoms with Crippen molar-refractivity contribution in [1.29, 1.82) is 0 Å². The van der Waals surface area contributed by atoms with Gasteiger partial charge in [-0.2, -0.15) is 4.39 Å². The van der Waals surface area contributed by atoms with Crippen LogP contribution < -0.4 is 15.4 Å². The van der Waals surface area contributed by atoms with E-state index in [2.05, 4.69) is 20.6 Å². The average molecular weight is 481 g/mol. The Balaban J connectivity index is 1.77. The molecule has 2 N–H and O–H groups in total. The van der Waals surface area contributed by atoms with E-state index in [1.165, 1.54) is 24.4 Å². The number of para-hydroxylation sites is 1. The molecule has 0 unspecified atom stereocenters. The maximum Gasteiger partial charge on any atom is 0.321 e. The van der Waals surface area contributed by atoms with Gasteiger partial charge in [-0.1, -0.05) is 32.0 Å². The monoisotopic (exact) mass is 480 g/mol. The van der Waals surface area contributed by atoms with Crippen LogP contribution in [0.5, 0.6) is 11.6 Å². The normalized spacial score (nSPS) is 14.9. The number of ether oxygens (including phenoxy) is 1. The highest BCUT2D eigenvalue weighted by Crippen LogP contribution is 2.52. The topological polar surface area (TPSA) is 93.2 Å². The lowest BCUT2D eigenvalue weighted by Crippen LogP contribution is -2.52. The van der Waals surface area contributed by atoms with Gasteiger partial charge in [0, 0.05) is 34.3 Å². The number of amides is 3. The van der Waals surface area contributed by atoms with Crippen LogP contribution in [0.25, 0.3) is 11.3 Å². The van der Waals surface area contributed by atoms with Crippen LogP contribution in [-0.2, 0) is 4.79 Å². The Bertz CT molecular complexity index is 1300. The van der Waals surface area contributed by atoms with Crippen LogP contribution in [-0.4, -0.2) is 27.4 Å². The molecule has 7 nitrogen and oxygen atoms in total. The molecule has 9 heteroatoms. The van der Waals surface area contributed by atoms with Crippen LogP contribution in [0.15, 0.2) is 48.7 Å². The first-order valence-electron chi connectivity index (χ1n) is 11.1. The molecule has 2 aromatic heterocycles. The summed E-state index contributed by atoms with van der Waals surface area (Å²) in [6.45, 7) is 8.76. The summed E-state index contributed by atoms with van der Waals surface area (Å²) in [6, 6.07) is 10.1. The summed E-state index contributed by atoms with van der Waals surface area (Å²) in [6.07, 6.45) is 1.34. The van der Waals surface area contributed by atoms with Crippen LogP contribution in [0.1, 0.15) is 51.7 Å².